The quantitative estimate of drug-likeness (QED) is 0.747. The smallest absolute Gasteiger partial charge is 0.251 e. The second kappa shape index (κ2) is 6.22. The zero-order valence-electron chi connectivity index (χ0n) is 12.4. The van der Waals surface area contributed by atoms with Crippen LogP contribution in [0, 0.1) is 0 Å². The molecule has 0 atom stereocenters. The summed E-state index contributed by atoms with van der Waals surface area (Å²) in [6, 6.07) is 6.53. The normalized spacial score (nSPS) is 10.5. The molecule has 0 fully saturated rings. The van der Waals surface area contributed by atoms with E-state index in [0.29, 0.717) is 17.9 Å². The number of carbonyl (C=O) groups excluding carboxylic acids is 1. The molecule has 3 heterocycles. The molecule has 3 aromatic rings. The molecule has 0 aromatic carbocycles. The highest BCUT2D eigenvalue weighted by Gasteiger charge is 2.07. The minimum atomic E-state index is -0.303. The number of pyridine rings is 2. The van der Waals surface area contributed by atoms with E-state index in [1.807, 2.05) is 6.07 Å². The molecule has 0 saturated carbocycles. The van der Waals surface area contributed by atoms with Crippen molar-refractivity contribution in [2.45, 2.75) is 6.54 Å². The highest BCUT2D eigenvalue weighted by Crippen LogP contribution is 2.04. The Bertz CT molecular complexity index is 868. The van der Waals surface area contributed by atoms with Gasteiger partial charge >= 0.3 is 0 Å². The molecule has 0 unspecified atom stereocenters. The first kappa shape index (κ1) is 14.6. The van der Waals surface area contributed by atoms with Gasteiger partial charge in [0.25, 0.3) is 11.5 Å². The number of nitrogens with zero attached hydrogens (tertiary/aromatic N) is 5. The van der Waals surface area contributed by atoms with Crippen molar-refractivity contribution in [1.29, 1.82) is 0 Å². The zero-order valence-corrected chi connectivity index (χ0v) is 12.4. The van der Waals surface area contributed by atoms with Gasteiger partial charge in [-0.15, -0.1) is 0 Å². The highest BCUT2D eigenvalue weighted by molar-refractivity contribution is 5.93. The predicted molar refractivity (Wildman–Crippen MR) is 82.0 cm³/mol. The molecular formula is C15H14N6O2. The summed E-state index contributed by atoms with van der Waals surface area (Å²) in [7, 11) is 1.63. The van der Waals surface area contributed by atoms with Crippen molar-refractivity contribution >= 4 is 5.91 Å². The number of amides is 1. The Hall–Kier alpha value is -3.29. The third-order valence-corrected chi connectivity index (χ3v) is 3.28. The first-order valence-corrected chi connectivity index (χ1v) is 6.88. The van der Waals surface area contributed by atoms with E-state index < -0.39 is 0 Å². The zero-order chi connectivity index (χ0) is 16.2. The molecular weight excluding hydrogens is 296 g/mol. The molecule has 1 amide bonds. The Kier molecular flexibility index (Phi) is 3.96. The van der Waals surface area contributed by atoms with E-state index in [0.717, 1.165) is 5.56 Å². The molecule has 0 aliphatic carbocycles. The molecule has 23 heavy (non-hydrogen) atoms. The van der Waals surface area contributed by atoms with Crippen LogP contribution in [0.5, 0.6) is 0 Å². The van der Waals surface area contributed by atoms with Crippen LogP contribution >= 0.6 is 0 Å². The minimum Gasteiger partial charge on any atom is -0.348 e. The number of hydrogen-bond donors (Lipinski definition) is 1. The molecule has 0 aliphatic rings. The van der Waals surface area contributed by atoms with Crippen molar-refractivity contribution in [3.05, 3.63) is 70.8 Å². The maximum Gasteiger partial charge on any atom is 0.251 e. The standard InChI is InChI=1S/C15H14N6O2/c1-20-5-4-12(6-14(20)22)15(23)18-8-11-2-3-13(17-7-11)21-10-16-9-19-21/h2-7,9-10H,8H2,1H3,(H,18,23). The SMILES string of the molecule is Cn1ccc(C(=O)NCc2ccc(-n3cncn3)nc2)cc1=O. The van der Waals surface area contributed by atoms with Crippen molar-refractivity contribution in [2.75, 3.05) is 0 Å². The Labute approximate surface area is 131 Å². The Morgan fingerprint density at radius 1 is 1.30 bits per heavy atom. The molecule has 116 valence electrons. The van der Waals surface area contributed by atoms with Gasteiger partial charge < -0.3 is 9.88 Å². The lowest BCUT2D eigenvalue weighted by atomic mass is 10.2. The molecule has 1 N–H and O–H groups in total. The van der Waals surface area contributed by atoms with E-state index in [-0.39, 0.29) is 11.5 Å². The summed E-state index contributed by atoms with van der Waals surface area (Å²) in [6.07, 6.45) is 6.20. The fraction of sp³-hybridized carbons (Fsp3) is 0.133. The number of rotatable bonds is 4. The van der Waals surface area contributed by atoms with Crippen molar-refractivity contribution in [3.8, 4) is 5.82 Å². The van der Waals surface area contributed by atoms with Crippen LogP contribution in [-0.4, -0.2) is 30.2 Å². The summed E-state index contributed by atoms with van der Waals surface area (Å²) in [6.45, 7) is 0.318. The third-order valence-electron chi connectivity index (χ3n) is 3.28. The average molecular weight is 310 g/mol. The van der Waals surface area contributed by atoms with Crippen molar-refractivity contribution in [3.63, 3.8) is 0 Å². The van der Waals surface area contributed by atoms with Crippen LogP contribution in [0.15, 0.2) is 54.1 Å². The van der Waals surface area contributed by atoms with Gasteiger partial charge in [-0.25, -0.2) is 14.6 Å². The van der Waals surface area contributed by atoms with Gasteiger partial charge in [0.15, 0.2) is 5.82 Å². The van der Waals surface area contributed by atoms with Crippen LogP contribution in [0.2, 0.25) is 0 Å². The molecule has 0 spiro atoms. The molecule has 8 heteroatoms. The summed E-state index contributed by atoms with van der Waals surface area (Å²) in [4.78, 5) is 31.7. The Morgan fingerprint density at radius 3 is 2.83 bits per heavy atom. The number of nitrogens with one attached hydrogen (secondary N) is 1. The van der Waals surface area contributed by atoms with Gasteiger partial charge in [-0.3, -0.25) is 9.59 Å². The predicted octanol–water partition coefficient (Wildman–Crippen LogP) is 0.291. The topological polar surface area (TPSA) is 94.7 Å². The fourth-order valence-electron chi connectivity index (χ4n) is 1.96. The second-order valence-corrected chi connectivity index (χ2v) is 4.91. The van der Waals surface area contributed by atoms with E-state index in [1.54, 1.807) is 42.6 Å². The van der Waals surface area contributed by atoms with E-state index in [9.17, 15) is 9.59 Å². The van der Waals surface area contributed by atoms with E-state index in [2.05, 4.69) is 20.4 Å². The van der Waals surface area contributed by atoms with Gasteiger partial charge in [-0.1, -0.05) is 6.07 Å². The minimum absolute atomic E-state index is 0.225. The number of aryl methyl sites for hydroxylation is 1. The molecule has 0 radical (unpaired) electrons. The number of carbonyl (C=O) groups is 1. The lowest BCUT2D eigenvalue weighted by Crippen LogP contribution is -2.25. The van der Waals surface area contributed by atoms with E-state index >= 15 is 0 Å². The summed E-state index contributed by atoms with van der Waals surface area (Å²) in [5, 5.41) is 6.74. The maximum atomic E-state index is 12.0. The first-order chi connectivity index (χ1) is 11.1. The lowest BCUT2D eigenvalue weighted by Gasteiger charge is -2.06. The second-order valence-electron chi connectivity index (χ2n) is 4.91. The Morgan fingerprint density at radius 2 is 2.17 bits per heavy atom. The van der Waals surface area contributed by atoms with E-state index in [4.69, 9.17) is 0 Å². The monoisotopic (exact) mass is 310 g/mol. The van der Waals surface area contributed by atoms with Crippen LogP contribution in [0.3, 0.4) is 0 Å². The number of aromatic nitrogens is 5. The first-order valence-electron chi connectivity index (χ1n) is 6.88. The maximum absolute atomic E-state index is 12.0. The van der Waals surface area contributed by atoms with Crippen LogP contribution in [0.4, 0.5) is 0 Å². The van der Waals surface area contributed by atoms with Crippen LogP contribution in [-0.2, 0) is 13.6 Å². The average Bonchev–Trinajstić information content (AvgIpc) is 3.10. The van der Waals surface area contributed by atoms with Crippen LogP contribution in [0.1, 0.15) is 15.9 Å². The van der Waals surface area contributed by atoms with Crippen LogP contribution < -0.4 is 10.9 Å². The van der Waals surface area contributed by atoms with Gasteiger partial charge in [-0.05, 0) is 17.7 Å². The molecule has 8 nitrogen and oxygen atoms in total. The van der Waals surface area contributed by atoms with Gasteiger partial charge in [0.05, 0.1) is 0 Å². The van der Waals surface area contributed by atoms with Gasteiger partial charge in [-0.2, -0.15) is 5.10 Å². The Balaban J connectivity index is 1.64. The van der Waals surface area contributed by atoms with E-state index in [1.165, 1.54) is 17.0 Å². The van der Waals surface area contributed by atoms with Gasteiger partial charge in [0.2, 0.25) is 0 Å². The van der Waals surface area contributed by atoms with Crippen molar-refractivity contribution < 1.29 is 4.79 Å². The van der Waals surface area contributed by atoms with Gasteiger partial charge in [0.1, 0.15) is 12.7 Å². The largest absolute Gasteiger partial charge is 0.348 e. The molecule has 3 rings (SSSR count). The molecule has 0 bridgehead atoms. The summed E-state index contributed by atoms with van der Waals surface area (Å²) < 4.78 is 2.95. The van der Waals surface area contributed by atoms with Crippen molar-refractivity contribution in [2.24, 2.45) is 7.05 Å². The summed E-state index contributed by atoms with van der Waals surface area (Å²) >= 11 is 0. The van der Waals surface area contributed by atoms with Crippen molar-refractivity contribution in [1.82, 2.24) is 29.6 Å². The van der Waals surface area contributed by atoms with Gasteiger partial charge in [0, 0.05) is 37.6 Å². The molecule has 0 saturated heterocycles. The number of hydrogen-bond acceptors (Lipinski definition) is 5. The summed E-state index contributed by atoms with van der Waals surface area (Å²) in [5.74, 6) is 0.340. The molecule has 3 aromatic heterocycles. The summed E-state index contributed by atoms with van der Waals surface area (Å²) in [5.41, 5.74) is 0.947. The van der Waals surface area contributed by atoms with Crippen LogP contribution in [0.25, 0.3) is 5.82 Å². The fourth-order valence-corrected chi connectivity index (χ4v) is 1.96. The highest BCUT2D eigenvalue weighted by atomic mass is 16.2. The third kappa shape index (κ3) is 3.31. The lowest BCUT2D eigenvalue weighted by molar-refractivity contribution is 0.0950. The molecule has 0 aliphatic heterocycles.